The first kappa shape index (κ1) is 22.7. The van der Waals surface area contributed by atoms with Gasteiger partial charge in [0.1, 0.15) is 0 Å². The van der Waals surface area contributed by atoms with E-state index in [1.165, 1.54) is 51.3 Å². The Morgan fingerprint density at radius 1 is 0.786 bits per heavy atom. The van der Waals surface area contributed by atoms with Crippen LogP contribution >= 0.6 is 15.8 Å². The zero-order valence-electron chi connectivity index (χ0n) is 19.0. The molecule has 0 aliphatic carbocycles. The molecule has 2 fully saturated rings. The molecule has 2 unspecified atom stereocenters. The van der Waals surface area contributed by atoms with Gasteiger partial charge in [0.05, 0.1) is 0 Å². The average molecular weight is 421 g/mol. The second-order valence-corrected chi connectivity index (χ2v) is 17.3. The average Bonchev–Trinajstić information content (AvgIpc) is 3.30. The van der Waals surface area contributed by atoms with Gasteiger partial charge in [-0.2, -0.15) is 0 Å². The minimum Gasteiger partial charge on any atom is -0.316 e. The molecule has 0 aromatic heterocycles. The fourth-order valence-corrected chi connectivity index (χ4v) is 12.2. The van der Waals surface area contributed by atoms with Gasteiger partial charge in [0.2, 0.25) is 0 Å². The van der Waals surface area contributed by atoms with Crippen molar-refractivity contribution < 1.29 is 0 Å². The van der Waals surface area contributed by atoms with Crippen LogP contribution in [-0.2, 0) is 12.3 Å². The number of nitrogens with one attached hydrogen (secondary N) is 2. The molecule has 1 aromatic rings. The second kappa shape index (κ2) is 9.43. The molecule has 3 rings (SSSR count). The summed E-state index contributed by atoms with van der Waals surface area (Å²) < 4.78 is 0. The zero-order valence-corrected chi connectivity index (χ0v) is 20.8. The van der Waals surface area contributed by atoms with Crippen LogP contribution in [0.5, 0.6) is 0 Å². The summed E-state index contributed by atoms with van der Waals surface area (Å²) in [5, 5.41) is 8.07. The van der Waals surface area contributed by atoms with Crippen molar-refractivity contribution in [2.75, 3.05) is 26.2 Å². The van der Waals surface area contributed by atoms with Crippen molar-refractivity contribution in [2.45, 2.75) is 88.3 Å². The van der Waals surface area contributed by atoms with E-state index >= 15 is 0 Å². The molecule has 158 valence electrons. The van der Waals surface area contributed by atoms with Crippen LogP contribution in [0.15, 0.2) is 24.3 Å². The summed E-state index contributed by atoms with van der Waals surface area (Å²) >= 11 is 0. The van der Waals surface area contributed by atoms with Crippen LogP contribution in [0.1, 0.15) is 65.5 Å². The molecule has 0 spiro atoms. The van der Waals surface area contributed by atoms with E-state index in [9.17, 15) is 0 Å². The molecule has 2 aliphatic rings. The van der Waals surface area contributed by atoms with Crippen LogP contribution in [0.3, 0.4) is 0 Å². The molecule has 2 atom stereocenters. The Kier molecular flexibility index (Phi) is 7.64. The highest BCUT2D eigenvalue weighted by Crippen LogP contribution is 2.62. The highest BCUT2D eigenvalue weighted by Gasteiger charge is 2.36. The van der Waals surface area contributed by atoms with E-state index < -0.39 is 0 Å². The van der Waals surface area contributed by atoms with E-state index in [1.54, 1.807) is 11.1 Å². The van der Waals surface area contributed by atoms with E-state index in [1.807, 2.05) is 0 Å². The molecule has 2 aliphatic heterocycles. The van der Waals surface area contributed by atoms with Crippen molar-refractivity contribution in [3.63, 3.8) is 0 Å². The van der Waals surface area contributed by atoms with E-state index in [0.717, 1.165) is 11.3 Å². The lowest BCUT2D eigenvalue weighted by Gasteiger charge is -2.42. The summed E-state index contributed by atoms with van der Waals surface area (Å²) in [6.07, 6.45) is 5.39. The maximum Gasteiger partial charge on any atom is 0.00196 e. The van der Waals surface area contributed by atoms with Crippen LogP contribution < -0.4 is 10.6 Å². The van der Waals surface area contributed by atoms with E-state index in [4.69, 9.17) is 0 Å². The van der Waals surface area contributed by atoms with Crippen molar-refractivity contribution >= 4 is 15.8 Å². The van der Waals surface area contributed by atoms with Crippen molar-refractivity contribution in [3.05, 3.63) is 35.4 Å². The molecular weight excluding hydrogens is 378 g/mol. The number of hydrogen-bond donors (Lipinski definition) is 2. The predicted molar refractivity (Wildman–Crippen MR) is 130 cm³/mol. The largest absolute Gasteiger partial charge is 0.316 e. The van der Waals surface area contributed by atoms with Gasteiger partial charge in [0.25, 0.3) is 0 Å². The van der Waals surface area contributed by atoms with E-state index in [-0.39, 0.29) is 15.8 Å². The van der Waals surface area contributed by atoms with Crippen LogP contribution in [0.2, 0.25) is 0 Å². The molecule has 0 amide bonds. The molecular formula is C24H42N2P2. The quantitative estimate of drug-likeness (QED) is 0.554. The van der Waals surface area contributed by atoms with Crippen LogP contribution in [-0.4, -0.2) is 47.8 Å². The molecule has 2 nitrogen and oxygen atoms in total. The van der Waals surface area contributed by atoms with Gasteiger partial charge in [-0.3, -0.25) is 0 Å². The first-order valence-electron chi connectivity index (χ1n) is 11.2. The Labute approximate surface area is 176 Å². The Morgan fingerprint density at radius 3 is 1.64 bits per heavy atom. The van der Waals surface area contributed by atoms with Crippen LogP contribution in [0, 0.1) is 0 Å². The summed E-state index contributed by atoms with van der Waals surface area (Å²) in [7, 11) is -0.0526. The Hall–Kier alpha value is -0.0000000000000000416. The van der Waals surface area contributed by atoms with Crippen molar-refractivity contribution in [2.24, 2.45) is 0 Å². The maximum absolute atomic E-state index is 3.65. The summed E-state index contributed by atoms with van der Waals surface area (Å²) in [6, 6.07) is 9.44. The lowest BCUT2D eigenvalue weighted by Crippen LogP contribution is -2.26. The van der Waals surface area contributed by atoms with E-state index in [0.29, 0.717) is 10.3 Å². The molecule has 0 bridgehead atoms. The molecule has 2 heterocycles. The van der Waals surface area contributed by atoms with Crippen molar-refractivity contribution in [3.8, 4) is 0 Å². The molecule has 2 N–H and O–H groups in total. The number of benzene rings is 1. The molecule has 0 saturated carbocycles. The summed E-state index contributed by atoms with van der Waals surface area (Å²) in [4.78, 5) is 0. The molecule has 0 radical (unpaired) electrons. The van der Waals surface area contributed by atoms with Gasteiger partial charge >= 0.3 is 0 Å². The second-order valence-electron chi connectivity index (χ2n) is 10.7. The van der Waals surface area contributed by atoms with Gasteiger partial charge in [-0.25, -0.2) is 0 Å². The standard InChI is InChI=1S/C24H42N2P2/c1-23(2,3)28(24(4,5)6)18-20-10-8-7-9-19(20)17-27(21-11-13-25-15-21)22-12-14-26-16-22/h7-10,21-22,25-26H,11-18H2,1-6H3. The monoisotopic (exact) mass is 420 g/mol. The molecule has 28 heavy (non-hydrogen) atoms. The van der Waals surface area contributed by atoms with Crippen molar-refractivity contribution in [1.29, 1.82) is 0 Å². The predicted octanol–water partition coefficient (Wildman–Crippen LogP) is 5.97. The third-order valence-electron chi connectivity index (χ3n) is 6.43. The van der Waals surface area contributed by atoms with Gasteiger partial charge in [0.15, 0.2) is 0 Å². The third kappa shape index (κ3) is 5.78. The topological polar surface area (TPSA) is 24.1 Å². The highest BCUT2D eigenvalue weighted by atomic mass is 31.1. The smallest absolute Gasteiger partial charge is 0.00196 e. The molecule has 1 aromatic carbocycles. The molecule has 4 heteroatoms. The van der Waals surface area contributed by atoms with Gasteiger partial charge in [-0.15, -0.1) is 0 Å². The summed E-state index contributed by atoms with van der Waals surface area (Å²) in [5.41, 5.74) is 5.13. The molecule has 2 saturated heterocycles. The van der Waals surface area contributed by atoms with Crippen molar-refractivity contribution in [1.82, 2.24) is 10.6 Å². The van der Waals surface area contributed by atoms with Crippen LogP contribution in [0.4, 0.5) is 0 Å². The summed E-state index contributed by atoms with van der Waals surface area (Å²) in [6.45, 7) is 19.7. The Balaban J connectivity index is 1.83. The number of rotatable bonds is 6. The van der Waals surface area contributed by atoms with Gasteiger partial charge in [0, 0.05) is 13.1 Å². The Bertz CT molecular complexity index is 590. The SMILES string of the molecule is CC(C)(C)P(Cc1ccccc1CP(C1CCNC1)C1CCNC1)C(C)(C)C. The fourth-order valence-electron chi connectivity index (χ4n) is 5.11. The maximum atomic E-state index is 3.65. The minimum atomic E-state index is -0.0982. The lowest BCUT2D eigenvalue weighted by atomic mass is 10.1. The van der Waals surface area contributed by atoms with Gasteiger partial charge < -0.3 is 10.6 Å². The third-order valence-corrected chi connectivity index (χ3v) is 13.8. The Morgan fingerprint density at radius 2 is 1.25 bits per heavy atom. The highest BCUT2D eigenvalue weighted by molar-refractivity contribution is 7.60. The van der Waals surface area contributed by atoms with E-state index in [2.05, 4.69) is 76.4 Å². The first-order valence-corrected chi connectivity index (χ1v) is 14.4. The van der Waals surface area contributed by atoms with Gasteiger partial charge in [-0.05, 0) is 71.0 Å². The van der Waals surface area contributed by atoms with Gasteiger partial charge in [-0.1, -0.05) is 81.7 Å². The normalized spacial score (nSPS) is 24.8. The van der Waals surface area contributed by atoms with Crippen LogP contribution in [0.25, 0.3) is 0 Å². The first-order chi connectivity index (χ1) is 13.2. The fraction of sp³-hybridized carbons (Fsp3) is 0.750. The lowest BCUT2D eigenvalue weighted by molar-refractivity contribution is 0.702. The number of hydrogen-bond acceptors (Lipinski definition) is 2. The zero-order chi connectivity index (χ0) is 20.4. The minimum absolute atomic E-state index is 0.0456. The summed E-state index contributed by atoms with van der Waals surface area (Å²) in [5.74, 6) is 0.